The van der Waals surface area contributed by atoms with Gasteiger partial charge in [0.1, 0.15) is 5.52 Å². The fraction of sp³-hybridized carbons (Fsp3) is 0.500. The molecule has 0 amide bonds. The van der Waals surface area contributed by atoms with Crippen molar-refractivity contribution in [2.45, 2.75) is 19.3 Å². The molecule has 7 nitrogen and oxygen atoms in total. The van der Waals surface area contributed by atoms with Crippen molar-refractivity contribution in [3.63, 3.8) is 0 Å². The summed E-state index contributed by atoms with van der Waals surface area (Å²) in [6.07, 6.45) is 5.31. The molecule has 4 N–H and O–H groups in total. The lowest BCUT2D eigenvalue weighted by Gasteiger charge is -2.27. The normalized spacial score (nSPS) is 17.4. The van der Waals surface area contributed by atoms with E-state index < -0.39 is 0 Å². The molecule has 0 aliphatic carbocycles. The molecule has 2 aromatic heterocycles. The minimum atomic E-state index is 0.240. The van der Waals surface area contributed by atoms with E-state index in [2.05, 4.69) is 30.4 Å². The standard InChI is InChI=1S/C10H15N7/c11-10-14-8-7(12-6-13-8)9(15-10)16-17-4-2-1-3-5-17/h6H,1-5H2,(H4,11,12,13,14,15,16). The number of aromatic nitrogens is 4. The van der Waals surface area contributed by atoms with Gasteiger partial charge in [0.25, 0.3) is 0 Å². The highest BCUT2D eigenvalue weighted by Gasteiger charge is 2.14. The van der Waals surface area contributed by atoms with E-state index in [1.165, 1.54) is 19.3 Å². The summed E-state index contributed by atoms with van der Waals surface area (Å²) in [5, 5.41) is 2.16. The van der Waals surface area contributed by atoms with E-state index >= 15 is 0 Å². The first-order valence-electron chi connectivity index (χ1n) is 5.81. The number of hydrogen-bond donors (Lipinski definition) is 3. The second kappa shape index (κ2) is 4.17. The molecular formula is C10H15N7. The second-order valence-electron chi connectivity index (χ2n) is 4.19. The zero-order valence-corrected chi connectivity index (χ0v) is 9.48. The highest BCUT2D eigenvalue weighted by atomic mass is 15.5. The average Bonchev–Trinajstić information content (AvgIpc) is 2.78. The van der Waals surface area contributed by atoms with Crippen LogP contribution in [-0.2, 0) is 0 Å². The van der Waals surface area contributed by atoms with Crippen LogP contribution in [0.4, 0.5) is 11.8 Å². The Kier molecular flexibility index (Phi) is 2.52. The molecule has 1 aliphatic rings. The van der Waals surface area contributed by atoms with Gasteiger partial charge >= 0.3 is 0 Å². The van der Waals surface area contributed by atoms with Gasteiger partial charge in [-0.2, -0.15) is 9.97 Å². The SMILES string of the molecule is Nc1nc(NN2CCCCC2)c2[nH]cnc2n1. The number of fused-ring (bicyclic) bond motifs is 1. The lowest BCUT2D eigenvalue weighted by atomic mass is 10.2. The van der Waals surface area contributed by atoms with Gasteiger partial charge in [-0.15, -0.1) is 0 Å². The molecule has 17 heavy (non-hydrogen) atoms. The second-order valence-corrected chi connectivity index (χ2v) is 4.19. The van der Waals surface area contributed by atoms with Crippen molar-refractivity contribution in [3.8, 4) is 0 Å². The van der Waals surface area contributed by atoms with Crippen LogP contribution in [-0.4, -0.2) is 38.0 Å². The first-order chi connectivity index (χ1) is 8.33. The molecule has 0 aromatic carbocycles. The van der Waals surface area contributed by atoms with Crippen LogP contribution in [0.1, 0.15) is 19.3 Å². The van der Waals surface area contributed by atoms with Crippen LogP contribution in [0.3, 0.4) is 0 Å². The molecule has 2 aromatic rings. The lowest BCUT2D eigenvalue weighted by molar-refractivity contribution is 0.272. The van der Waals surface area contributed by atoms with E-state index in [1.54, 1.807) is 6.33 Å². The number of imidazole rings is 1. The number of rotatable bonds is 2. The number of H-pyrrole nitrogens is 1. The molecule has 0 atom stereocenters. The topological polar surface area (TPSA) is 95.8 Å². The van der Waals surface area contributed by atoms with Crippen molar-refractivity contribution in [3.05, 3.63) is 6.33 Å². The molecule has 1 aliphatic heterocycles. The first kappa shape index (κ1) is 10.3. The third-order valence-electron chi connectivity index (χ3n) is 2.92. The predicted octanol–water partition coefficient (Wildman–Crippen LogP) is 0.748. The summed E-state index contributed by atoms with van der Waals surface area (Å²) in [6.45, 7) is 2.05. The predicted molar refractivity (Wildman–Crippen MR) is 65.1 cm³/mol. The van der Waals surface area contributed by atoms with E-state index in [-0.39, 0.29) is 5.95 Å². The number of aromatic amines is 1. The van der Waals surface area contributed by atoms with E-state index in [1.807, 2.05) is 0 Å². The number of nitrogens with one attached hydrogen (secondary N) is 2. The highest BCUT2D eigenvalue weighted by molar-refractivity contribution is 5.83. The minimum absolute atomic E-state index is 0.240. The van der Waals surface area contributed by atoms with Gasteiger partial charge in [0.2, 0.25) is 5.95 Å². The Morgan fingerprint density at radius 1 is 1.24 bits per heavy atom. The van der Waals surface area contributed by atoms with Crippen LogP contribution in [0.25, 0.3) is 11.2 Å². The Balaban J connectivity index is 1.90. The van der Waals surface area contributed by atoms with Gasteiger partial charge < -0.3 is 16.1 Å². The third-order valence-corrected chi connectivity index (χ3v) is 2.92. The Bertz CT molecular complexity index is 514. The summed E-state index contributed by atoms with van der Waals surface area (Å²) < 4.78 is 0. The van der Waals surface area contributed by atoms with Crippen molar-refractivity contribution >= 4 is 22.9 Å². The molecule has 3 heterocycles. The van der Waals surface area contributed by atoms with Crippen molar-refractivity contribution in [1.82, 2.24) is 24.9 Å². The number of hydrogen-bond acceptors (Lipinski definition) is 6. The fourth-order valence-electron chi connectivity index (χ4n) is 2.09. The van der Waals surface area contributed by atoms with Gasteiger partial charge in [-0.25, -0.2) is 9.99 Å². The monoisotopic (exact) mass is 233 g/mol. The summed E-state index contributed by atoms with van der Waals surface area (Å²) >= 11 is 0. The zero-order valence-electron chi connectivity index (χ0n) is 9.48. The van der Waals surface area contributed by atoms with Crippen LogP contribution in [0.5, 0.6) is 0 Å². The van der Waals surface area contributed by atoms with Crippen LogP contribution in [0.2, 0.25) is 0 Å². The van der Waals surface area contributed by atoms with Gasteiger partial charge in [0.15, 0.2) is 11.5 Å². The summed E-state index contributed by atoms with van der Waals surface area (Å²) in [5.41, 5.74) is 10.3. The zero-order chi connectivity index (χ0) is 11.7. The summed E-state index contributed by atoms with van der Waals surface area (Å²) in [6, 6.07) is 0. The summed E-state index contributed by atoms with van der Waals surface area (Å²) in [7, 11) is 0. The Morgan fingerprint density at radius 2 is 2.06 bits per heavy atom. The van der Waals surface area contributed by atoms with E-state index in [0.717, 1.165) is 18.6 Å². The van der Waals surface area contributed by atoms with Gasteiger partial charge in [0, 0.05) is 13.1 Å². The number of nitrogens with two attached hydrogens (primary N) is 1. The molecule has 0 bridgehead atoms. The quantitative estimate of drug-likeness (QED) is 0.708. The molecule has 0 radical (unpaired) electrons. The van der Waals surface area contributed by atoms with Crippen LogP contribution in [0.15, 0.2) is 6.33 Å². The van der Waals surface area contributed by atoms with E-state index in [9.17, 15) is 0 Å². The highest BCUT2D eigenvalue weighted by Crippen LogP contribution is 2.19. The summed E-state index contributed by atoms with van der Waals surface area (Å²) in [5.74, 6) is 0.941. The maximum absolute atomic E-state index is 5.65. The molecule has 1 saturated heterocycles. The number of anilines is 2. The van der Waals surface area contributed by atoms with Crippen LogP contribution in [0, 0.1) is 0 Å². The molecular weight excluding hydrogens is 218 g/mol. The average molecular weight is 233 g/mol. The van der Waals surface area contributed by atoms with Gasteiger partial charge in [-0.05, 0) is 12.8 Å². The number of nitrogens with zero attached hydrogens (tertiary/aromatic N) is 4. The molecule has 7 heteroatoms. The number of nitrogen functional groups attached to an aromatic ring is 1. The number of piperidine rings is 1. The molecule has 1 fully saturated rings. The van der Waals surface area contributed by atoms with Crippen LogP contribution < -0.4 is 11.2 Å². The van der Waals surface area contributed by atoms with Gasteiger partial charge in [0.05, 0.1) is 6.33 Å². The van der Waals surface area contributed by atoms with Crippen molar-refractivity contribution in [2.75, 3.05) is 24.2 Å². The third kappa shape index (κ3) is 2.01. The molecule has 3 rings (SSSR count). The van der Waals surface area contributed by atoms with Crippen molar-refractivity contribution in [2.24, 2.45) is 0 Å². The van der Waals surface area contributed by atoms with E-state index in [0.29, 0.717) is 11.5 Å². The number of hydrazine groups is 1. The Morgan fingerprint density at radius 3 is 2.88 bits per heavy atom. The Labute approximate surface area is 98.4 Å². The van der Waals surface area contributed by atoms with Crippen molar-refractivity contribution < 1.29 is 0 Å². The first-order valence-corrected chi connectivity index (χ1v) is 5.81. The van der Waals surface area contributed by atoms with Gasteiger partial charge in [-0.3, -0.25) is 0 Å². The molecule has 0 unspecified atom stereocenters. The molecule has 0 saturated carbocycles. The molecule has 90 valence electrons. The Hall–Kier alpha value is -1.89. The maximum Gasteiger partial charge on any atom is 0.224 e. The maximum atomic E-state index is 5.65. The summed E-state index contributed by atoms with van der Waals surface area (Å²) in [4.78, 5) is 15.4. The molecule has 0 spiro atoms. The smallest absolute Gasteiger partial charge is 0.224 e. The van der Waals surface area contributed by atoms with Crippen LogP contribution >= 0.6 is 0 Å². The van der Waals surface area contributed by atoms with Gasteiger partial charge in [-0.1, -0.05) is 6.42 Å². The van der Waals surface area contributed by atoms with E-state index in [4.69, 9.17) is 5.73 Å². The largest absolute Gasteiger partial charge is 0.368 e. The minimum Gasteiger partial charge on any atom is -0.368 e. The fourth-order valence-corrected chi connectivity index (χ4v) is 2.09. The van der Waals surface area contributed by atoms with Crippen molar-refractivity contribution in [1.29, 1.82) is 0 Å². The lowest BCUT2D eigenvalue weighted by Crippen LogP contribution is -2.35.